The molecule has 0 aromatic heterocycles. The van der Waals surface area contributed by atoms with Gasteiger partial charge in [-0.15, -0.1) is 0 Å². The van der Waals surface area contributed by atoms with Gasteiger partial charge in [0.1, 0.15) is 16.7 Å². The molecule has 1 aliphatic rings. The summed E-state index contributed by atoms with van der Waals surface area (Å²) in [5, 5.41) is 2.73. The maximum atomic E-state index is 12.7. The quantitative estimate of drug-likeness (QED) is 0.835. The van der Waals surface area contributed by atoms with Gasteiger partial charge in [0.2, 0.25) is 11.8 Å². The lowest BCUT2D eigenvalue weighted by atomic mass is 10.2. The van der Waals surface area contributed by atoms with E-state index in [2.05, 4.69) is 10.3 Å². The number of rotatable bonds is 5. The summed E-state index contributed by atoms with van der Waals surface area (Å²) in [5.74, 6) is 0.857. The van der Waals surface area contributed by atoms with Crippen molar-refractivity contribution in [1.82, 2.24) is 4.90 Å². The molecule has 3 rings (SSSR count). The summed E-state index contributed by atoms with van der Waals surface area (Å²) in [4.78, 5) is 31.1. The molecule has 1 fully saturated rings. The number of thioether (sulfide) groups is 1. The maximum absolute atomic E-state index is 12.7. The van der Waals surface area contributed by atoms with E-state index in [9.17, 15) is 9.59 Å². The molecule has 8 heteroatoms. The van der Waals surface area contributed by atoms with Gasteiger partial charge in [-0.05, 0) is 36.4 Å². The minimum absolute atomic E-state index is 0.101. The molecule has 2 amide bonds. The molecule has 1 heterocycles. The highest BCUT2D eigenvalue weighted by molar-refractivity contribution is 8.15. The molecule has 0 saturated carbocycles. The highest BCUT2D eigenvalue weighted by Crippen LogP contribution is 2.31. The molecule has 2 aromatic carbocycles. The number of hydrogen-bond donors (Lipinski definition) is 1. The third kappa shape index (κ3) is 4.45. The lowest BCUT2D eigenvalue weighted by Crippen LogP contribution is -2.43. The number of benzene rings is 2. The van der Waals surface area contributed by atoms with E-state index < -0.39 is 5.25 Å². The highest BCUT2D eigenvalue weighted by atomic mass is 32.2. The van der Waals surface area contributed by atoms with Crippen molar-refractivity contribution in [2.24, 2.45) is 4.99 Å². The van der Waals surface area contributed by atoms with Gasteiger partial charge in [0.15, 0.2) is 5.17 Å². The van der Waals surface area contributed by atoms with Gasteiger partial charge in [-0.25, -0.2) is 4.99 Å². The predicted octanol–water partition coefficient (Wildman–Crippen LogP) is 3.29. The first-order chi connectivity index (χ1) is 13.5. The van der Waals surface area contributed by atoms with Crippen molar-refractivity contribution in [3.63, 3.8) is 0 Å². The van der Waals surface area contributed by atoms with E-state index in [1.165, 1.54) is 16.7 Å². The largest absolute Gasteiger partial charge is 0.497 e. The number of ether oxygens (including phenoxy) is 2. The normalized spacial score (nSPS) is 18.1. The molecule has 0 spiro atoms. The smallest absolute Gasteiger partial charge is 0.238 e. The second kappa shape index (κ2) is 8.79. The topological polar surface area (TPSA) is 80.2 Å². The van der Waals surface area contributed by atoms with Crippen molar-refractivity contribution in [2.75, 3.05) is 26.6 Å². The van der Waals surface area contributed by atoms with Gasteiger partial charge in [0, 0.05) is 13.5 Å². The zero-order valence-corrected chi connectivity index (χ0v) is 16.7. The minimum atomic E-state index is -0.578. The van der Waals surface area contributed by atoms with Crippen molar-refractivity contribution < 1.29 is 19.1 Å². The molecule has 7 nitrogen and oxygen atoms in total. The molecular weight excluding hydrogens is 378 g/mol. The van der Waals surface area contributed by atoms with Crippen LogP contribution in [0.25, 0.3) is 0 Å². The average molecular weight is 399 g/mol. The number of hydrogen-bond acceptors (Lipinski definition) is 6. The van der Waals surface area contributed by atoms with Crippen LogP contribution < -0.4 is 14.8 Å². The molecular formula is C20H21N3O4S. The third-order valence-electron chi connectivity index (χ3n) is 4.22. The molecule has 28 heavy (non-hydrogen) atoms. The van der Waals surface area contributed by atoms with Crippen LogP contribution in [-0.2, 0) is 9.59 Å². The number of aliphatic imine (C=N–C) groups is 1. The Kier molecular flexibility index (Phi) is 6.20. The van der Waals surface area contributed by atoms with E-state index in [0.29, 0.717) is 22.3 Å². The van der Waals surface area contributed by atoms with Crippen LogP contribution in [0.3, 0.4) is 0 Å². The zero-order chi connectivity index (χ0) is 20.1. The molecule has 0 unspecified atom stereocenters. The predicted molar refractivity (Wildman–Crippen MR) is 110 cm³/mol. The average Bonchev–Trinajstić information content (AvgIpc) is 2.72. The van der Waals surface area contributed by atoms with Gasteiger partial charge in [-0.3, -0.25) is 14.5 Å². The number of methoxy groups -OCH3 is 2. The van der Waals surface area contributed by atoms with Crippen LogP contribution >= 0.6 is 11.8 Å². The van der Waals surface area contributed by atoms with E-state index >= 15 is 0 Å². The summed E-state index contributed by atoms with van der Waals surface area (Å²) in [6, 6.07) is 14.3. The van der Waals surface area contributed by atoms with Crippen LogP contribution in [0.4, 0.5) is 11.4 Å². The van der Waals surface area contributed by atoms with E-state index in [-0.39, 0.29) is 18.2 Å². The minimum Gasteiger partial charge on any atom is -0.497 e. The van der Waals surface area contributed by atoms with Crippen molar-refractivity contribution >= 4 is 40.1 Å². The number of nitrogens with zero attached hydrogens (tertiary/aromatic N) is 2. The Balaban J connectivity index is 1.78. The molecule has 0 aliphatic carbocycles. The fraction of sp³-hybridized carbons (Fsp3) is 0.250. The fourth-order valence-corrected chi connectivity index (χ4v) is 3.69. The van der Waals surface area contributed by atoms with E-state index in [1.54, 1.807) is 57.7 Å². The summed E-state index contributed by atoms with van der Waals surface area (Å²) in [7, 11) is 4.79. The molecule has 1 atom stereocenters. The fourth-order valence-electron chi connectivity index (χ4n) is 2.63. The summed E-state index contributed by atoms with van der Waals surface area (Å²) in [5.41, 5.74) is 1.24. The van der Waals surface area contributed by atoms with Crippen molar-refractivity contribution in [3.8, 4) is 11.5 Å². The van der Waals surface area contributed by atoms with Crippen molar-refractivity contribution in [1.29, 1.82) is 0 Å². The first kappa shape index (κ1) is 19.8. The highest BCUT2D eigenvalue weighted by Gasteiger charge is 2.34. The molecule has 1 N–H and O–H groups in total. The molecule has 1 aliphatic heterocycles. The van der Waals surface area contributed by atoms with Crippen LogP contribution in [0.1, 0.15) is 6.42 Å². The molecule has 146 valence electrons. The molecule has 0 radical (unpaired) electrons. The van der Waals surface area contributed by atoms with Crippen molar-refractivity contribution in [2.45, 2.75) is 11.7 Å². The van der Waals surface area contributed by atoms with E-state index in [4.69, 9.17) is 9.47 Å². The monoisotopic (exact) mass is 399 g/mol. The Morgan fingerprint density at radius 2 is 1.86 bits per heavy atom. The van der Waals surface area contributed by atoms with Gasteiger partial charge in [-0.1, -0.05) is 23.9 Å². The van der Waals surface area contributed by atoms with Crippen LogP contribution in [0.2, 0.25) is 0 Å². The second-order valence-electron chi connectivity index (χ2n) is 6.05. The maximum Gasteiger partial charge on any atom is 0.238 e. The number of nitrogens with one attached hydrogen (secondary N) is 1. The summed E-state index contributed by atoms with van der Waals surface area (Å²) in [6.07, 6.45) is 0.101. The molecule has 0 bridgehead atoms. The van der Waals surface area contributed by atoms with Gasteiger partial charge in [0.05, 0.1) is 25.6 Å². The lowest BCUT2D eigenvalue weighted by molar-refractivity contribution is -0.128. The summed E-state index contributed by atoms with van der Waals surface area (Å²) in [6.45, 7) is 0. The first-order valence-electron chi connectivity index (χ1n) is 8.61. The number of para-hydroxylation sites is 2. The third-order valence-corrected chi connectivity index (χ3v) is 5.46. The molecule has 1 saturated heterocycles. The summed E-state index contributed by atoms with van der Waals surface area (Å²) < 4.78 is 10.4. The van der Waals surface area contributed by atoms with E-state index in [0.717, 1.165) is 5.75 Å². The van der Waals surface area contributed by atoms with E-state index in [1.807, 2.05) is 12.1 Å². The number of anilines is 1. The Labute approximate surface area is 167 Å². The first-order valence-corrected chi connectivity index (χ1v) is 9.49. The Morgan fingerprint density at radius 1 is 1.14 bits per heavy atom. The standard InChI is InChI=1S/C20H21N3O4S/c1-23-18(24)12-17(19(25)22-15-6-4-5-7-16(15)27-3)28-20(23)21-13-8-10-14(26-2)11-9-13/h4-11,17H,12H2,1-3H3,(H,22,25)/t17-/m0/s1. The second-order valence-corrected chi connectivity index (χ2v) is 7.22. The van der Waals surface area contributed by atoms with Crippen LogP contribution in [0.5, 0.6) is 11.5 Å². The van der Waals surface area contributed by atoms with Crippen molar-refractivity contribution in [3.05, 3.63) is 48.5 Å². The van der Waals surface area contributed by atoms with Crippen LogP contribution in [0, 0.1) is 0 Å². The summed E-state index contributed by atoms with van der Waals surface area (Å²) >= 11 is 1.26. The van der Waals surface area contributed by atoms with Gasteiger partial charge in [0.25, 0.3) is 0 Å². The zero-order valence-electron chi connectivity index (χ0n) is 15.8. The van der Waals surface area contributed by atoms with Gasteiger partial charge in [-0.2, -0.15) is 0 Å². The lowest BCUT2D eigenvalue weighted by Gasteiger charge is -2.29. The number of carbonyl (C=O) groups is 2. The van der Waals surface area contributed by atoms with Gasteiger partial charge >= 0.3 is 0 Å². The number of amides is 2. The van der Waals surface area contributed by atoms with Gasteiger partial charge < -0.3 is 14.8 Å². The Hall–Kier alpha value is -3.00. The van der Waals surface area contributed by atoms with Crippen LogP contribution in [0.15, 0.2) is 53.5 Å². The molecule has 2 aromatic rings. The SMILES string of the molecule is COc1ccc(N=C2S[C@H](C(=O)Nc3ccccc3OC)CC(=O)N2C)cc1. The van der Waals surface area contributed by atoms with Crippen LogP contribution in [-0.4, -0.2) is 48.4 Å². The Bertz CT molecular complexity index is 899. The number of amidine groups is 1. The number of carbonyl (C=O) groups excluding carboxylic acids is 2. The Morgan fingerprint density at radius 3 is 2.54 bits per heavy atom.